The fourth-order valence-corrected chi connectivity index (χ4v) is 12.6. The topological polar surface area (TPSA) is 55.4 Å². The number of thiophene rings is 2. The Morgan fingerprint density at radius 1 is 0.316 bits per heavy atom. The van der Waals surface area contributed by atoms with Gasteiger partial charge in [0.15, 0.2) is 0 Å². The van der Waals surface area contributed by atoms with Crippen molar-refractivity contribution in [2.75, 3.05) is 0 Å². The lowest BCUT2D eigenvalue weighted by atomic mass is 9.31. The summed E-state index contributed by atoms with van der Waals surface area (Å²) >= 11 is 3.59. The van der Waals surface area contributed by atoms with Crippen LogP contribution in [0, 0.1) is 0 Å². The molecule has 0 saturated heterocycles. The predicted octanol–water partition coefficient (Wildman–Crippen LogP) is 6.30. The maximum Gasteiger partial charge on any atom is 0.273 e. The molecule has 0 spiro atoms. The summed E-state index contributed by atoms with van der Waals surface area (Å²) < 4.78 is 45.3. The Hall–Kier alpha value is -6.55. The van der Waals surface area contributed by atoms with Gasteiger partial charge < -0.3 is 28.4 Å². The van der Waals surface area contributed by atoms with Crippen LogP contribution in [0.5, 0.6) is 69.0 Å². The Morgan fingerprint density at radius 3 is 1.09 bits per heavy atom. The van der Waals surface area contributed by atoms with Gasteiger partial charge in [-0.25, -0.2) is 0 Å². The number of fused-ring (bicyclic) bond motifs is 16. The number of hydrogen-bond acceptors (Lipinski definition) is 8. The standard InChI is InChI=1S/C46H21B3O6S2/c1-3-16-38-22(8-1)43-45(56-38)48-26-18-24-34(20-36(26)52-30-12-6-14-32(54-43)41(30)48)50-28-10-5-11-29-40(28)47(24)25-19-27-37(21-35(25)51-29)53-31-13-7-15-33-42(31)49(27)46-44(55-33)23-9-2-4-17-39(23)57-46/h1-21H. The Labute approximate surface area is 334 Å². The number of rotatable bonds is 0. The van der Waals surface area contributed by atoms with E-state index in [2.05, 4.69) is 84.9 Å². The van der Waals surface area contributed by atoms with Crippen molar-refractivity contribution >= 4 is 111 Å². The minimum atomic E-state index is -0.170. The summed E-state index contributed by atoms with van der Waals surface area (Å²) in [5.74, 6) is 9.86. The second-order valence-electron chi connectivity index (χ2n) is 15.4. The maximum atomic E-state index is 6.80. The van der Waals surface area contributed by atoms with E-state index in [0.29, 0.717) is 0 Å². The van der Waals surface area contributed by atoms with E-state index < -0.39 is 0 Å². The normalized spacial score (nSPS) is 14.7. The van der Waals surface area contributed by atoms with Crippen LogP contribution >= 0.6 is 22.7 Å². The first kappa shape index (κ1) is 29.7. The molecule has 262 valence electrons. The molecule has 6 nitrogen and oxygen atoms in total. The maximum absolute atomic E-state index is 6.80. The van der Waals surface area contributed by atoms with Gasteiger partial charge in [-0.05, 0) is 82.5 Å². The van der Waals surface area contributed by atoms with Gasteiger partial charge in [-0.1, -0.05) is 54.6 Å². The van der Waals surface area contributed by atoms with E-state index in [1.807, 2.05) is 42.5 Å². The van der Waals surface area contributed by atoms with Crippen molar-refractivity contribution in [1.29, 1.82) is 0 Å². The average molecular weight is 766 g/mol. The van der Waals surface area contributed by atoms with Gasteiger partial charge in [-0.15, -0.1) is 22.7 Å². The first-order chi connectivity index (χ1) is 28.2. The number of benzene rings is 7. The van der Waals surface area contributed by atoms with Gasteiger partial charge >= 0.3 is 0 Å². The molecule has 0 bridgehead atoms. The molecule has 0 unspecified atom stereocenters. The van der Waals surface area contributed by atoms with Crippen molar-refractivity contribution in [3.8, 4) is 69.0 Å². The van der Waals surface area contributed by atoms with E-state index in [4.69, 9.17) is 28.4 Å². The fraction of sp³-hybridized carbons (Fsp3) is 0. The highest BCUT2D eigenvalue weighted by Gasteiger charge is 2.48. The highest BCUT2D eigenvalue weighted by atomic mass is 32.1. The zero-order valence-electron chi connectivity index (χ0n) is 29.6. The largest absolute Gasteiger partial charge is 0.458 e. The SMILES string of the molecule is c1cc2c3c(c1)Oc1cc4c(cc1B3c1cc3c(cc1O2)Oc1cccc2c1B3c1sc3ccccc3c1O2)B1c2sc3ccccc3c2Oc2cccc(c21)O4. The number of ether oxygens (including phenoxy) is 6. The Morgan fingerprint density at radius 2 is 0.667 bits per heavy atom. The molecule has 7 aromatic carbocycles. The molecule has 2 aromatic heterocycles. The van der Waals surface area contributed by atoms with E-state index in [1.54, 1.807) is 22.7 Å². The molecule has 15 rings (SSSR count). The third kappa shape index (κ3) is 3.70. The second-order valence-corrected chi connectivity index (χ2v) is 17.5. The van der Waals surface area contributed by atoms with E-state index in [0.717, 1.165) is 118 Å². The van der Waals surface area contributed by atoms with Crippen molar-refractivity contribution < 1.29 is 28.4 Å². The van der Waals surface area contributed by atoms with Gasteiger partial charge in [0.1, 0.15) is 69.0 Å². The third-order valence-corrected chi connectivity index (χ3v) is 14.9. The van der Waals surface area contributed by atoms with Gasteiger partial charge in [0.2, 0.25) is 0 Å². The van der Waals surface area contributed by atoms with Crippen LogP contribution < -0.4 is 76.2 Å². The van der Waals surface area contributed by atoms with Crippen LogP contribution in [-0.2, 0) is 0 Å². The van der Waals surface area contributed by atoms with Crippen molar-refractivity contribution in [3.63, 3.8) is 0 Å². The molecule has 0 N–H and O–H groups in total. The van der Waals surface area contributed by atoms with Crippen molar-refractivity contribution in [1.82, 2.24) is 0 Å². The number of hydrogen-bond donors (Lipinski definition) is 0. The zero-order chi connectivity index (χ0) is 36.7. The molecule has 57 heavy (non-hydrogen) atoms. The lowest BCUT2D eigenvalue weighted by molar-refractivity contribution is 0.449. The van der Waals surface area contributed by atoms with Crippen LogP contribution in [0.4, 0.5) is 0 Å². The predicted molar refractivity (Wildman–Crippen MR) is 230 cm³/mol. The first-order valence-corrected chi connectivity index (χ1v) is 20.7. The smallest absolute Gasteiger partial charge is 0.273 e. The second kappa shape index (κ2) is 10.2. The lowest BCUT2D eigenvalue weighted by Gasteiger charge is -2.37. The molecule has 9 aromatic rings. The highest BCUT2D eigenvalue weighted by Crippen LogP contribution is 2.44. The molecular weight excluding hydrogens is 745 g/mol. The van der Waals surface area contributed by atoms with Gasteiger partial charge in [-0.2, -0.15) is 0 Å². The van der Waals surface area contributed by atoms with Gasteiger partial charge in [0, 0.05) is 58.2 Å². The van der Waals surface area contributed by atoms with Crippen molar-refractivity contribution in [2.24, 2.45) is 0 Å². The van der Waals surface area contributed by atoms with Gasteiger partial charge in [0.25, 0.3) is 20.1 Å². The quantitative estimate of drug-likeness (QED) is 0.169. The Bertz CT molecular complexity index is 3160. The molecule has 0 saturated carbocycles. The van der Waals surface area contributed by atoms with Crippen molar-refractivity contribution in [2.45, 2.75) is 0 Å². The van der Waals surface area contributed by atoms with Crippen LogP contribution in [0.2, 0.25) is 0 Å². The molecule has 0 aliphatic carbocycles. The van der Waals surface area contributed by atoms with Crippen LogP contribution in [0.3, 0.4) is 0 Å². The fourth-order valence-electron chi connectivity index (χ4n) is 10.1. The molecule has 0 amide bonds. The van der Waals surface area contributed by atoms with Crippen LogP contribution in [0.1, 0.15) is 0 Å². The molecule has 6 aliphatic rings. The third-order valence-electron chi connectivity index (χ3n) is 12.5. The lowest BCUT2D eigenvalue weighted by Crippen LogP contribution is -2.62. The van der Waals surface area contributed by atoms with Crippen LogP contribution in [0.25, 0.3) is 20.2 Å². The Kier molecular flexibility index (Phi) is 5.34. The van der Waals surface area contributed by atoms with Gasteiger partial charge in [0.05, 0.1) is 0 Å². The summed E-state index contributed by atoms with van der Waals surface area (Å²) in [6, 6.07) is 44.2. The summed E-state index contributed by atoms with van der Waals surface area (Å²) in [5.41, 5.74) is 7.50. The Balaban J connectivity index is 0.969. The van der Waals surface area contributed by atoms with E-state index in [1.165, 1.54) is 19.0 Å². The summed E-state index contributed by atoms with van der Waals surface area (Å²) in [6.07, 6.45) is 0. The van der Waals surface area contributed by atoms with E-state index in [9.17, 15) is 0 Å². The molecular formula is C46H21B3O6S2. The highest BCUT2D eigenvalue weighted by molar-refractivity contribution is 7.33. The van der Waals surface area contributed by atoms with Crippen LogP contribution in [-0.4, -0.2) is 20.1 Å². The minimum absolute atomic E-state index is 0.0668. The summed E-state index contributed by atoms with van der Waals surface area (Å²) in [6.45, 7) is -0.304. The molecule has 8 heterocycles. The molecule has 0 fully saturated rings. The zero-order valence-corrected chi connectivity index (χ0v) is 31.3. The molecule has 0 atom stereocenters. The minimum Gasteiger partial charge on any atom is -0.458 e. The molecule has 11 heteroatoms. The van der Waals surface area contributed by atoms with Crippen LogP contribution in [0.15, 0.2) is 127 Å². The molecule has 0 radical (unpaired) electrons. The van der Waals surface area contributed by atoms with E-state index in [-0.39, 0.29) is 20.1 Å². The van der Waals surface area contributed by atoms with E-state index >= 15 is 0 Å². The summed E-state index contributed by atoms with van der Waals surface area (Å²) in [7, 11) is 0. The first-order valence-electron chi connectivity index (χ1n) is 19.1. The monoisotopic (exact) mass is 766 g/mol. The molecule has 6 aliphatic heterocycles. The van der Waals surface area contributed by atoms with Gasteiger partial charge in [-0.3, -0.25) is 0 Å². The average Bonchev–Trinajstić information content (AvgIpc) is 3.80. The van der Waals surface area contributed by atoms with Crippen molar-refractivity contribution in [3.05, 3.63) is 127 Å². The summed E-state index contributed by atoms with van der Waals surface area (Å²) in [4.78, 5) is 0. The summed E-state index contributed by atoms with van der Waals surface area (Å²) in [5, 5.41) is 2.26.